The Balaban J connectivity index is -0.000000231. The first kappa shape index (κ1) is 25.0. The number of Topliss-reactive ketones (excluding diaryl/α,β-unsaturated/α-hetero) is 3. The summed E-state index contributed by atoms with van der Waals surface area (Å²) in [4.78, 5) is 30.6. The van der Waals surface area contributed by atoms with E-state index in [-0.39, 0.29) is 0 Å². The van der Waals surface area contributed by atoms with Gasteiger partial charge < -0.3 is 14.4 Å². The van der Waals surface area contributed by atoms with Gasteiger partial charge in [0, 0.05) is 19.3 Å². The van der Waals surface area contributed by atoms with Gasteiger partial charge in [0.25, 0.3) is 0 Å². The lowest BCUT2D eigenvalue weighted by molar-refractivity contribution is -0.117. The second kappa shape index (κ2) is 21.3. The second-order valence-corrected chi connectivity index (χ2v) is 5.42. The van der Waals surface area contributed by atoms with Gasteiger partial charge in [-0.1, -0.05) is 40.0 Å². The minimum absolute atomic E-state index is 0.307. The molecule has 0 aliphatic rings. The average molecular weight is 300 g/mol. The lowest BCUT2D eigenvalue weighted by Gasteiger charge is -1.86. The number of rotatable bonds is 9. The van der Waals surface area contributed by atoms with Crippen LogP contribution in [0.2, 0.25) is 0 Å². The van der Waals surface area contributed by atoms with Crippen LogP contribution in [0.4, 0.5) is 0 Å². The molecule has 0 aromatic heterocycles. The van der Waals surface area contributed by atoms with Crippen molar-refractivity contribution in [3.05, 3.63) is 0 Å². The molecule has 0 fully saturated rings. The zero-order valence-corrected chi connectivity index (χ0v) is 15.1. The highest BCUT2D eigenvalue weighted by molar-refractivity contribution is 5.75. The normalized spacial score (nSPS) is 8.86. The molecule has 0 aromatic rings. The molecule has 3 nitrogen and oxygen atoms in total. The number of carbonyl (C=O) groups excluding carboxylic acids is 3. The molecular weight excluding hydrogens is 264 g/mol. The van der Waals surface area contributed by atoms with E-state index in [0.717, 1.165) is 57.8 Å². The quantitative estimate of drug-likeness (QED) is 0.581. The summed E-state index contributed by atoms with van der Waals surface area (Å²) in [5.74, 6) is 0.922. The maximum Gasteiger partial charge on any atom is 0.129 e. The Kier molecular flexibility index (Phi) is 25.4. The van der Waals surface area contributed by atoms with Crippen molar-refractivity contribution in [3.8, 4) is 0 Å². The maximum absolute atomic E-state index is 10.2. The van der Waals surface area contributed by atoms with Gasteiger partial charge in [0.1, 0.15) is 17.3 Å². The zero-order valence-electron chi connectivity index (χ0n) is 15.1. The van der Waals surface area contributed by atoms with Crippen LogP contribution in [0.25, 0.3) is 0 Å². The topological polar surface area (TPSA) is 51.2 Å². The van der Waals surface area contributed by atoms with E-state index < -0.39 is 0 Å². The Hall–Kier alpha value is -0.990. The van der Waals surface area contributed by atoms with Crippen molar-refractivity contribution in [2.24, 2.45) is 0 Å². The molecule has 21 heavy (non-hydrogen) atoms. The van der Waals surface area contributed by atoms with E-state index >= 15 is 0 Å². The summed E-state index contributed by atoms with van der Waals surface area (Å²) in [6.07, 6.45) is 8.81. The number of hydrogen-bond donors (Lipinski definition) is 0. The van der Waals surface area contributed by atoms with Crippen LogP contribution in [0.15, 0.2) is 0 Å². The first-order valence-electron chi connectivity index (χ1n) is 8.29. The molecule has 0 bridgehead atoms. The molecule has 0 aliphatic carbocycles. The molecule has 0 aromatic carbocycles. The van der Waals surface area contributed by atoms with Crippen LogP contribution in [0, 0.1) is 0 Å². The molecule has 0 unspecified atom stereocenters. The number of ketones is 3. The van der Waals surface area contributed by atoms with Gasteiger partial charge in [0.2, 0.25) is 0 Å². The molecule has 0 N–H and O–H groups in total. The van der Waals surface area contributed by atoms with Gasteiger partial charge in [-0.15, -0.1) is 0 Å². The highest BCUT2D eigenvalue weighted by Gasteiger charge is 1.88. The average Bonchev–Trinajstić information content (AvgIpc) is 2.41. The van der Waals surface area contributed by atoms with Crippen molar-refractivity contribution in [2.75, 3.05) is 0 Å². The second-order valence-electron chi connectivity index (χ2n) is 5.42. The van der Waals surface area contributed by atoms with E-state index in [2.05, 4.69) is 20.8 Å². The van der Waals surface area contributed by atoms with Crippen molar-refractivity contribution >= 4 is 17.3 Å². The number of carbonyl (C=O) groups is 3. The van der Waals surface area contributed by atoms with Crippen molar-refractivity contribution in [3.63, 3.8) is 0 Å². The summed E-state index contributed by atoms with van der Waals surface area (Å²) in [6, 6.07) is 0. The first-order chi connectivity index (χ1) is 9.81. The van der Waals surface area contributed by atoms with Crippen LogP contribution < -0.4 is 0 Å². The minimum Gasteiger partial charge on any atom is -0.300 e. The number of unbranched alkanes of at least 4 members (excludes halogenated alkanes) is 3. The summed E-state index contributed by atoms with van der Waals surface area (Å²) in [5.41, 5.74) is 0. The van der Waals surface area contributed by atoms with Gasteiger partial charge >= 0.3 is 0 Å². The van der Waals surface area contributed by atoms with Crippen LogP contribution in [-0.2, 0) is 14.4 Å². The maximum atomic E-state index is 10.2. The van der Waals surface area contributed by atoms with Crippen LogP contribution in [0.1, 0.15) is 99.3 Å². The Morgan fingerprint density at radius 3 is 0.762 bits per heavy atom. The molecule has 126 valence electrons. The monoisotopic (exact) mass is 300 g/mol. The Labute approximate surface area is 131 Å². The summed E-state index contributed by atoms with van der Waals surface area (Å²) in [7, 11) is 0. The summed E-state index contributed by atoms with van der Waals surface area (Å²) in [5, 5.41) is 0. The van der Waals surface area contributed by atoms with Crippen LogP contribution in [-0.4, -0.2) is 17.3 Å². The van der Waals surface area contributed by atoms with Gasteiger partial charge in [-0.05, 0) is 40.0 Å². The lowest BCUT2D eigenvalue weighted by atomic mass is 10.2. The molecule has 0 radical (unpaired) electrons. The highest BCUT2D eigenvalue weighted by Crippen LogP contribution is 1.93. The van der Waals surface area contributed by atoms with Crippen molar-refractivity contribution in [1.29, 1.82) is 0 Å². The molecule has 0 amide bonds. The van der Waals surface area contributed by atoms with Crippen molar-refractivity contribution in [2.45, 2.75) is 99.3 Å². The standard InChI is InChI=1S/3C6H12O/c3*1-3-4-5-6(2)7/h3*3-5H2,1-2H3. The summed E-state index contributed by atoms with van der Waals surface area (Å²) >= 11 is 0. The molecular formula is C18H36O3. The Morgan fingerprint density at radius 2 is 0.714 bits per heavy atom. The van der Waals surface area contributed by atoms with Gasteiger partial charge in [-0.3, -0.25) is 0 Å². The molecule has 0 atom stereocenters. The molecule has 0 saturated carbocycles. The third kappa shape index (κ3) is 45.4. The van der Waals surface area contributed by atoms with Crippen LogP contribution in [0.5, 0.6) is 0 Å². The van der Waals surface area contributed by atoms with Crippen molar-refractivity contribution in [1.82, 2.24) is 0 Å². The predicted molar refractivity (Wildman–Crippen MR) is 90.6 cm³/mol. The van der Waals surface area contributed by atoms with Crippen LogP contribution >= 0.6 is 0 Å². The SMILES string of the molecule is CCCCC(C)=O.CCCCC(C)=O.CCCCC(C)=O. The van der Waals surface area contributed by atoms with E-state index in [9.17, 15) is 14.4 Å². The molecule has 0 rings (SSSR count). The minimum atomic E-state index is 0.307. The molecule has 0 spiro atoms. The van der Waals surface area contributed by atoms with E-state index in [1.54, 1.807) is 20.8 Å². The molecule has 3 heteroatoms. The Bertz CT molecular complexity index is 214. The fraction of sp³-hybridized carbons (Fsp3) is 0.833. The van der Waals surface area contributed by atoms with E-state index in [1.807, 2.05) is 0 Å². The third-order valence-corrected chi connectivity index (χ3v) is 2.65. The van der Waals surface area contributed by atoms with E-state index in [4.69, 9.17) is 0 Å². The highest BCUT2D eigenvalue weighted by atomic mass is 16.1. The Morgan fingerprint density at radius 1 is 0.524 bits per heavy atom. The first-order valence-corrected chi connectivity index (χ1v) is 8.29. The van der Waals surface area contributed by atoms with Gasteiger partial charge in [-0.2, -0.15) is 0 Å². The molecule has 0 saturated heterocycles. The zero-order chi connectivity index (χ0) is 17.1. The molecule has 0 aliphatic heterocycles. The lowest BCUT2D eigenvalue weighted by Crippen LogP contribution is -1.86. The fourth-order valence-corrected chi connectivity index (χ4v) is 1.28. The van der Waals surface area contributed by atoms with Crippen LogP contribution in [0.3, 0.4) is 0 Å². The largest absolute Gasteiger partial charge is 0.300 e. The fourth-order valence-electron chi connectivity index (χ4n) is 1.28. The predicted octanol–water partition coefficient (Wildman–Crippen LogP) is 5.30. The smallest absolute Gasteiger partial charge is 0.129 e. The van der Waals surface area contributed by atoms with Gasteiger partial charge in [0.15, 0.2) is 0 Å². The van der Waals surface area contributed by atoms with Gasteiger partial charge in [-0.25, -0.2) is 0 Å². The van der Waals surface area contributed by atoms with E-state index in [0.29, 0.717) is 17.3 Å². The summed E-state index contributed by atoms with van der Waals surface area (Å²) in [6.45, 7) is 11.2. The van der Waals surface area contributed by atoms with E-state index in [1.165, 1.54) is 0 Å². The van der Waals surface area contributed by atoms with Gasteiger partial charge in [0.05, 0.1) is 0 Å². The molecule has 0 heterocycles. The van der Waals surface area contributed by atoms with Crippen molar-refractivity contribution < 1.29 is 14.4 Å². The number of hydrogen-bond acceptors (Lipinski definition) is 3. The third-order valence-electron chi connectivity index (χ3n) is 2.65. The summed E-state index contributed by atoms with van der Waals surface area (Å²) < 4.78 is 0.